The van der Waals surface area contributed by atoms with Crippen LogP contribution in [0.4, 0.5) is 4.79 Å². The van der Waals surface area contributed by atoms with Crippen LogP contribution in [-0.4, -0.2) is 25.7 Å². The Balaban J connectivity index is 1.96. The monoisotopic (exact) mass is 410 g/mol. The molecule has 1 atom stereocenters. The van der Waals surface area contributed by atoms with Gasteiger partial charge in [0, 0.05) is 5.70 Å². The van der Waals surface area contributed by atoms with Gasteiger partial charge in [0.2, 0.25) is 0 Å². The number of hydrogen-bond acceptors (Lipinski definition) is 5. The molecule has 0 spiro atoms. The molecule has 2 N–H and O–H groups in total. The van der Waals surface area contributed by atoms with Gasteiger partial charge in [0.25, 0.3) is 0 Å². The lowest BCUT2D eigenvalue weighted by atomic mass is 9.94. The Labute approximate surface area is 176 Å². The summed E-state index contributed by atoms with van der Waals surface area (Å²) in [5.41, 5.74) is 2.64. The van der Waals surface area contributed by atoms with Gasteiger partial charge >= 0.3 is 12.0 Å². The smallest absolute Gasteiger partial charge is 0.338 e. The van der Waals surface area contributed by atoms with Crippen molar-refractivity contribution in [2.45, 2.75) is 32.9 Å². The van der Waals surface area contributed by atoms with Crippen molar-refractivity contribution in [1.82, 2.24) is 10.6 Å². The summed E-state index contributed by atoms with van der Waals surface area (Å²) < 4.78 is 16.6. The molecule has 0 radical (unpaired) electrons. The number of rotatable bonds is 8. The Hall–Kier alpha value is -3.48. The summed E-state index contributed by atoms with van der Waals surface area (Å²) in [7, 11) is 1.57. The molecule has 3 rings (SSSR count). The zero-order valence-corrected chi connectivity index (χ0v) is 17.4. The van der Waals surface area contributed by atoms with Crippen LogP contribution in [0.5, 0.6) is 11.5 Å². The van der Waals surface area contributed by atoms with E-state index in [1.165, 1.54) is 0 Å². The van der Waals surface area contributed by atoms with Crippen LogP contribution in [0.2, 0.25) is 0 Å². The summed E-state index contributed by atoms with van der Waals surface area (Å²) in [5, 5.41) is 5.53. The van der Waals surface area contributed by atoms with E-state index in [4.69, 9.17) is 14.2 Å². The van der Waals surface area contributed by atoms with Crippen LogP contribution in [-0.2, 0) is 16.1 Å². The Bertz CT molecular complexity index is 940. The number of amides is 2. The molecule has 0 bridgehead atoms. The normalized spacial score (nSPS) is 15.8. The molecular weight excluding hydrogens is 384 g/mol. The Morgan fingerprint density at radius 2 is 1.83 bits per heavy atom. The third-order valence-electron chi connectivity index (χ3n) is 4.76. The predicted octanol–water partition coefficient (Wildman–Crippen LogP) is 3.86. The van der Waals surface area contributed by atoms with Crippen molar-refractivity contribution in [2.75, 3.05) is 13.7 Å². The number of allylic oxidation sites excluding steroid dienone is 1. The largest absolute Gasteiger partial charge is 0.493 e. The van der Waals surface area contributed by atoms with Crippen LogP contribution in [0.1, 0.15) is 37.4 Å². The van der Waals surface area contributed by atoms with E-state index in [0.717, 1.165) is 5.56 Å². The lowest BCUT2D eigenvalue weighted by Crippen LogP contribution is -2.45. The molecule has 158 valence electrons. The SMILES string of the molecule is CCOC(=O)C1=C(CC)NC(=O)NC1c1ccc(OC)c(OCc2ccccc2)c1. The third-order valence-corrected chi connectivity index (χ3v) is 4.76. The molecule has 1 aliphatic rings. The topological polar surface area (TPSA) is 85.9 Å². The summed E-state index contributed by atoms with van der Waals surface area (Å²) in [6.45, 7) is 4.23. The molecule has 1 unspecified atom stereocenters. The molecule has 0 aromatic heterocycles. The van der Waals surface area contributed by atoms with Gasteiger partial charge in [0.05, 0.1) is 25.3 Å². The number of carbonyl (C=O) groups is 2. The van der Waals surface area contributed by atoms with E-state index < -0.39 is 12.0 Å². The number of esters is 1. The Morgan fingerprint density at radius 3 is 2.50 bits per heavy atom. The van der Waals surface area contributed by atoms with Crippen LogP contribution in [0.15, 0.2) is 59.8 Å². The van der Waals surface area contributed by atoms with Gasteiger partial charge in [-0.25, -0.2) is 9.59 Å². The Morgan fingerprint density at radius 1 is 1.07 bits per heavy atom. The molecular formula is C23H26N2O5. The number of hydrogen-bond donors (Lipinski definition) is 2. The fourth-order valence-electron chi connectivity index (χ4n) is 3.32. The van der Waals surface area contributed by atoms with Gasteiger partial charge in [0.1, 0.15) is 6.61 Å². The first kappa shape index (κ1) is 21.2. The van der Waals surface area contributed by atoms with Gasteiger partial charge in [-0.2, -0.15) is 0 Å². The highest BCUT2D eigenvalue weighted by molar-refractivity contribution is 5.95. The van der Waals surface area contributed by atoms with Crippen LogP contribution in [0.3, 0.4) is 0 Å². The zero-order chi connectivity index (χ0) is 21.5. The molecule has 7 nitrogen and oxygen atoms in total. The lowest BCUT2D eigenvalue weighted by molar-refractivity contribution is -0.139. The summed E-state index contributed by atoms with van der Waals surface area (Å²) >= 11 is 0. The van der Waals surface area contributed by atoms with E-state index in [1.807, 2.05) is 37.3 Å². The van der Waals surface area contributed by atoms with Crippen LogP contribution < -0.4 is 20.1 Å². The number of ether oxygens (including phenoxy) is 3. The fourth-order valence-corrected chi connectivity index (χ4v) is 3.32. The predicted molar refractivity (Wildman–Crippen MR) is 112 cm³/mol. The molecule has 1 aliphatic heterocycles. The van der Waals surface area contributed by atoms with E-state index >= 15 is 0 Å². The van der Waals surface area contributed by atoms with E-state index in [1.54, 1.807) is 32.2 Å². The van der Waals surface area contributed by atoms with Gasteiger partial charge in [-0.3, -0.25) is 0 Å². The minimum absolute atomic E-state index is 0.244. The van der Waals surface area contributed by atoms with E-state index in [0.29, 0.717) is 41.4 Å². The molecule has 1 heterocycles. The maximum atomic E-state index is 12.6. The quantitative estimate of drug-likeness (QED) is 0.646. The van der Waals surface area contributed by atoms with Crippen LogP contribution in [0, 0.1) is 0 Å². The highest BCUT2D eigenvalue weighted by atomic mass is 16.5. The molecule has 0 saturated carbocycles. The van der Waals surface area contributed by atoms with Crippen LogP contribution >= 0.6 is 0 Å². The van der Waals surface area contributed by atoms with Crippen molar-refractivity contribution < 1.29 is 23.8 Å². The van der Waals surface area contributed by atoms with Crippen molar-refractivity contribution >= 4 is 12.0 Å². The van der Waals surface area contributed by atoms with Gasteiger partial charge in [0.15, 0.2) is 11.5 Å². The minimum atomic E-state index is -0.655. The summed E-state index contributed by atoms with van der Waals surface area (Å²) in [4.78, 5) is 24.8. The first-order valence-corrected chi connectivity index (χ1v) is 9.89. The second kappa shape index (κ2) is 9.82. The van der Waals surface area contributed by atoms with Crippen LogP contribution in [0.25, 0.3) is 0 Å². The fraction of sp³-hybridized carbons (Fsp3) is 0.304. The summed E-state index contributed by atoms with van der Waals surface area (Å²) in [6.07, 6.45) is 0.492. The van der Waals surface area contributed by atoms with Crippen molar-refractivity contribution in [2.24, 2.45) is 0 Å². The van der Waals surface area contributed by atoms with Gasteiger partial charge in [-0.1, -0.05) is 43.3 Å². The number of urea groups is 1. The standard InChI is InChI=1S/C23H26N2O5/c1-4-17-20(22(26)29-5-2)21(25-23(27)24-17)16-11-12-18(28-3)19(13-16)30-14-15-9-7-6-8-10-15/h6-13,21H,4-5,14H2,1-3H3,(H2,24,25,27). The van der Waals surface area contributed by atoms with E-state index in [-0.39, 0.29) is 12.6 Å². The lowest BCUT2D eigenvalue weighted by Gasteiger charge is -2.29. The number of methoxy groups -OCH3 is 1. The molecule has 0 saturated heterocycles. The Kier molecular flexibility index (Phi) is 6.95. The van der Waals surface area contributed by atoms with Crippen molar-refractivity contribution in [3.05, 3.63) is 70.9 Å². The maximum absolute atomic E-state index is 12.6. The third kappa shape index (κ3) is 4.74. The van der Waals surface area contributed by atoms with Gasteiger partial charge in [-0.15, -0.1) is 0 Å². The highest BCUT2D eigenvalue weighted by Gasteiger charge is 2.33. The molecule has 2 aromatic carbocycles. The maximum Gasteiger partial charge on any atom is 0.338 e. The van der Waals surface area contributed by atoms with Gasteiger partial charge in [-0.05, 0) is 36.6 Å². The highest BCUT2D eigenvalue weighted by Crippen LogP contribution is 2.35. The van der Waals surface area contributed by atoms with Gasteiger partial charge < -0.3 is 24.8 Å². The van der Waals surface area contributed by atoms with Crippen molar-refractivity contribution in [1.29, 1.82) is 0 Å². The van der Waals surface area contributed by atoms with Crippen molar-refractivity contribution in [3.8, 4) is 11.5 Å². The summed E-state index contributed by atoms with van der Waals surface area (Å²) in [5.74, 6) is 0.620. The first-order chi connectivity index (χ1) is 14.6. The summed E-state index contributed by atoms with van der Waals surface area (Å²) in [6, 6.07) is 14.1. The van der Waals surface area contributed by atoms with E-state index in [9.17, 15) is 9.59 Å². The molecule has 0 fully saturated rings. The number of carbonyl (C=O) groups excluding carboxylic acids is 2. The molecule has 30 heavy (non-hydrogen) atoms. The number of benzene rings is 2. The molecule has 2 aromatic rings. The number of nitrogens with one attached hydrogen (secondary N) is 2. The molecule has 2 amide bonds. The zero-order valence-electron chi connectivity index (χ0n) is 17.4. The second-order valence-corrected chi connectivity index (χ2v) is 6.68. The average Bonchev–Trinajstić information content (AvgIpc) is 2.77. The second-order valence-electron chi connectivity index (χ2n) is 6.68. The minimum Gasteiger partial charge on any atom is -0.493 e. The van der Waals surface area contributed by atoms with Crippen molar-refractivity contribution in [3.63, 3.8) is 0 Å². The molecule has 7 heteroatoms. The first-order valence-electron chi connectivity index (χ1n) is 9.89. The average molecular weight is 410 g/mol. The van der Waals surface area contributed by atoms with E-state index in [2.05, 4.69) is 10.6 Å². The molecule has 0 aliphatic carbocycles.